The standard InChI is InChI=1S/C16H19N3O2S2/c1-11-12(2)19(6-7-20-3)16(17-11)23-10-13-9-14(21-18-13)15-5-4-8-22-15/h4-5,8-9H,6-7,10H2,1-3H3. The lowest BCUT2D eigenvalue weighted by atomic mass is 10.3. The van der Waals surface area contributed by atoms with Crippen LogP contribution in [0.15, 0.2) is 33.3 Å². The average Bonchev–Trinajstić information content (AvgIpc) is 3.26. The Labute approximate surface area is 143 Å². The largest absolute Gasteiger partial charge is 0.383 e. The summed E-state index contributed by atoms with van der Waals surface area (Å²) in [5, 5.41) is 7.19. The van der Waals surface area contributed by atoms with Gasteiger partial charge in [-0.1, -0.05) is 23.0 Å². The van der Waals surface area contributed by atoms with Gasteiger partial charge in [-0.05, 0) is 25.3 Å². The van der Waals surface area contributed by atoms with E-state index in [1.165, 1.54) is 5.69 Å². The molecule has 3 heterocycles. The van der Waals surface area contributed by atoms with Crippen molar-refractivity contribution in [3.8, 4) is 10.6 Å². The minimum Gasteiger partial charge on any atom is -0.383 e. The van der Waals surface area contributed by atoms with E-state index in [4.69, 9.17) is 9.26 Å². The number of imidazole rings is 1. The van der Waals surface area contributed by atoms with Gasteiger partial charge in [0.2, 0.25) is 0 Å². The lowest BCUT2D eigenvalue weighted by Gasteiger charge is -2.08. The molecular weight excluding hydrogens is 330 g/mol. The molecule has 0 aliphatic rings. The SMILES string of the molecule is COCCn1c(SCc2cc(-c3cccs3)on2)nc(C)c1C. The van der Waals surface area contributed by atoms with Crippen molar-refractivity contribution in [3.05, 3.63) is 40.7 Å². The topological polar surface area (TPSA) is 53.1 Å². The molecule has 0 fully saturated rings. The lowest BCUT2D eigenvalue weighted by Crippen LogP contribution is -2.07. The predicted octanol–water partition coefficient (Wildman–Crippen LogP) is 4.16. The van der Waals surface area contributed by atoms with Gasteiger partial charge < -0.3 is 13.8 Å². The first-order valence-electron chi connectivity index (χ1n) is 7.34. The maximum Gasteiger partial charge on any atom is 0.177 e. The molecule has 0 radical (unpaired) electrons. The maximum absolute atomic E-state index is 5.42. The molecule has 0 aliphatic carbocycles. The van der Waals surface area contributed by atoms with Crippen LogP contribution in [0.25, 0.3) is 10.6 Å². The Morgan fingerprint density at radius 3 is 3.00 bits per heavy atom. The molecule has 0 aliphatic heterocycles. The van der Waals surface area contributed by atoms with Crippen molar-refractivity contribution in [1.29, 1.82) is 0 Å². The van der Waals surface area contributed by atoms with Crippen LogP contribution in [0.2, 0.25) is 0 Å². The van der Waals surface area contributed by atoms with E-state index in [1.807, 2.05) is 30.5 Å². The highest BCUT2D eigenvalue weighted by Crippen LogP contribution is 2.28. The van der Waals surface area contributed by atoms with Crippen LogP contribution in [-0.2, 0) is 17.0 Å². The van der Waals surface area contributed by atoms with Crippen molar-refractivity contribution in [2.45, 2.75) is 31.3 Å². The molecular formula is C16H19N3O2S2. The summed E-state index contributed by atoms with van der Waals surface area (Å²) in [6, 6.07) is 6.04. The van der Waals surface area contributed by atoms with Gasteiger partial charge in [0, 0.05) is 31.2 Å². The Morgan fingerprint density at radius 2 is 2.26 bits per heavy atom. The van der Waals surface area contributed by atoms with Gasteiger partial charge in [0.25, 0.3) is 0 Å². The first-order chi connectivity index (χ1) is 11.2. The number of ether oxygens (including phenoxy) is 1. The van der Waals surface area contributed by atoms with Gasteiger partial charge in [-0.15, -0.1) is 11.3 Å². The summed E-state index contributed by atoms with van der Waals surface area (Å²) in [6.45, 7) is 5.61. The van der Waals surface area contributed by atoms with Crippen molar-refractivity contribution in [3.63, 3.8) is 0 Å². The third-order valence-corrected chi connectivity index (χ3v) is 5.51. The van der Waals surface area contributed by atoms with Crippen molar-refractivity contribution in [1.82, 2.24) is 14.7 Å². The van der Waals surface area contributed by atoms with E-state index >= 15 is 0 Å². The van der Waals surface area contributed by atoms with Crippen LogP contribution in [0.5, 0.6) is 0 Å². The zero-order valence-corrected chi connectivity index (χ0v) is 15.0. The second-order valence-corrected chi connectivity index (χ2v) is 7.05. The molecule has 23 heavy (non-hydrogen) atoms. The van der Waals surface area contributed by atoms with E-state index < -0.39 is 0 Å². The fourth-order valence-corrected chi connectivity index (χ4v) is 3.90. The quantitative estimate of drug-likeness (QED) is 0.600. The summed E-state index contributed by atoms with van der Waals surface area (Å²) in [6.07, 6.45) is 0. The van der Waals surface area contributed by atoms with Crippen LogP contribution >= 0.6 is 23.1 Å². The lowest BCUT2D eigenvalue weighted by molar-refractivity contribution is 0.184. The maximum atomic E-state index is 5.42. The van der Waals surface area contributed by atoms with Crippen LogP contribution in [0, 0.1) is 13.8 Å². The molecule has 0 aromatic carbocycles. The highest BCUT2D eigenvalue weighted by atomic mass is 32.2. The molecule has 122 valence electrons. The summed E-state index contributed by atoms with van der Waals surface area (Å²) in [7, 11) is 1.72. The third kappa shape index (κ3) is 3.68. The zero-order chi connectivity index (χ0) is 16.2. The predicted molar refractivity (Wildman–Crippen MR) is 93.0 cm³/mol. The highest BCUT2D eigenvalue weighted by Gasteiger charge is 2.13. The van der Waals surface area contributed by atoms with Gasteiger partial charge >= 0.3 is 0 Å². The molecule has 0 N–H and O–H groups in total. The number of thiophene rings is 1. The molecule has 3 rings (SSSR count). The summed E-state index contributed by atoms with van der Waals surface area (Å²) in [5.41, 5.74) is 3.17. The molecule has 0 saturated carbocycles. The summed E-state index contributed by atoms with van der Waals surface area (Å²) in [5.74, 6) is 1.56. The van der Waals surface area contributed by atoms with Crippen molar-refractivity contribution in [2.75, 3.05) is 13.7 Å². The normalized spacial score (nSPS) is 11.3. The van der Waals surface area contributed by atoms with Gasteiger partial charge in [-0.3, -0.25) is 0 Å². The van der Waals surface area contributed by atoms with E-state index in [-0.39, 0.29) is 0 Å². The molecule has 3 aromatic heterocycles. The van der Waals surface area contributed by atoms with Crippen LogP contribution in [-0.4, -0.2) is 28.4 Å². The molecule has 0 unspecified atom stereocenters. The van der Waals surface area contributed by atoms with Crippen LogP contribution < -0.4 is 0 Å². The number of rotatable bonds is 7. The van der Waals surface area contributed by atoms with Crippen molar-refractivity contribution >= 4 is 23.1 Å². The Hall–Kier alpha value is -1.57. The van der Waals surface area contributed by atoms with Gasteiger partial charge in [0.1, 0.15) is 0 Å². The number of nitrogens with zero attached hydrogens (tertiary/aromatic N) is 3. The number of aromatic nitrogens is 3. The van der Waals surface area contributed by atoms with Crippen LogP contribution in [0.4, 0.5) is 0 Å². The van der Waals surface area contributed by atoms with Gasteiger partial charge in [0.15, 0.2) is 10.9 Å². The van der Waals surface area contributed by atoms with Crippen molar-refractivity contribution < 1.29 is 9.26 Å². The fraction of sp³-hybridized carbons (Fsp3) is 0.375. The molecule has 3 aromatic rings. The van der Waals surface area contributed by atoms with E-state index in [2.05, 4.69) is 21.6 Å². The Bertz CT molecular complexity index is 762. The van der Waals surface area contributed by atoms with Crippen molar-refractivity contribution in [2.24, 2.45) is 0 Å². The first kappa shape index (κ1) is 16.3. The first-order valence-corrected chi connectivity index (χ1v) is 9.20. The molecule has 0 bridgehead atoms. The molecule has 0 amide bonds. The second kappa shape index (κ2) is 7.33. The molecule has 7 heteroatoms. The van der Waals surface area contributed by atoms with Gasteiger partial charge in [-0.25, -0.2) is 4.98 Å². The highest BCUT2D eigenvalue weighted by molar-refractivity contribution is 7.98. The van der Waals surface area contributed by atoms with Crippen LogP contribution in [0.1, 0.15) is 17.1 Å². The van der Waals surface area contributed by atoms with E-state index in [1.54, 1.807) is 30.2 Å². The average molecular weight is 349 g/mol. The fourth-order valence-electron chi connectivity index (χ4n) is 2.23. The molecule has 0 atom stereocenters. The van der Waals surface area contributed by atoms with E-state index in [0.29, 0.717) is 6.61 Å². The smallest absolute Gasteiger partial charge is 0.177 e. The number of methoxy groups -OCH3 is 1. The monoisotopic (exact) mass is 349 g/mol. The van der Waals surface area contributed by atoms with Gasteiger partial charge in [0.05, 0.1) is 22.9 Å². The third-order valence-electron chi connectivity index (χ3n) is 3.61. The summed E-state index contributed by atoms with van der Waals surface area (Å²) >= 11 is 3.32. The second-order valence-electron chi connectivity index (χ2n) is 5.16. The molecule has 5 nitrogen and oxygen atoms in total. The Morgan fingerprint density at radius 1 is 1.39 bits per heavy atom. The Kier molecular flexibility index (Phi) is 5.20. The minimum atomic E-state index is 0.677. The molecule has 0 spiro atoms. The van der Waals surface area contributed by atoms with Gasteiger partial charge in [-0.2, -0.15) is 0 Å². The van der Waals surface area contributed by atoms with Crippen LogP contribution in [0.3, 0.4) is 0 Å². The molecule has 0 saturated heterocycles. The number of aryl methyl sites for hydroxylation is 1. The number of hydrogen-bond acceptors (Lipinski definition) is 6. The summed E-state index contributed by atoms with van der Waals surface area (Å²) in [4.78, 5) is 5.75. The minimum absolute atomic E-state index is 0.677. The zero-order valence-electron chi connectivity index (χ0n) is 13.4. The summed E-state index contributed by atoms with van der Waals surface area (Å²) < 4.78 is 12.8. The Balaban J connectivity index is 1.70. The number of thioether (sulfide) groups is 1. The van der Waals surface area contributed by atoms with E-state index in [9.17, 15) is 0 Å². The van der Waals surface area contributed by atoms with E-state index in [0.717, 1.165) is 39.5 Å². The number of hydrogen-bond donors (Lipinski definition) is 0.